The first-order chi connectivity index (χ1) is 11.6. The molecule has 1 aliphatic rings. The van der Waals surface area contributed by atoms with Crippen molar-refractivity contribution in [3.63, 3.8) is 0 Å². The number of aromatic nitrogens is 2. The summed E-state index contributed by atoms with van der Waals surface area (Å²) in [5.74, 6) is 1.28. The summed E-state index contributed by atoms with van der Waals surface area (Å²) in [4.78, 5) is 7.42. The lowest BCUT2D eigenvalue weighted by Gasteiger charge is -2.33. The van der Waals surface area contributed by atoms with Crippen molar-refractivity contribution in [2.45, 2.75) is 25.2 Å². The van der Waals surface area contributed by atoms with E-state index in [4.69, 9.17) is 0 Å². The highest BCUT2D eigenvalue weighted by atomic mass is 32.2. The second-order valence-electron chi connectivity index (χ2n) is 6.21. The van der Waals surface area contributed by atoms with Crippen molar-refractivity contribution in [2.75, 3.05) is 26.7 Å². The minimum absolute atomic E-state index is 0.320. The highest BCUT2D eigenvalue weighted by Crippen LogP contribution is 2.27. The van der Waals surface area contributed by atoms with Gasteiger partial charge in [0.2, 0.25) is 0 Å². The third kappa shape index (κ3) is 3.85. The van der Waals surface area contributed by atoms with Gasteiger partial charge in [0.15, 0.2) is 0 Å². The molecule has 2 aromatic rings. The number of likely N-dealkylation sites (N-methyl/N-ethyl adjacent to an activating group) is 1. The number of hydrogen-bond acceptors (Lipinski definition) is 3. The summed E-state index contributed by atoms with van der Waals surface area (Å²) in [6.45, 7) is 1.58. The van der Waals surface area contributed by atoms with E-state index < -0.39 is 10.2 Å². The Morgan fingerprint density at radius 3 is 2.58 bits per heavy atom. The average molecular weight is 348 g/mol. The maximum Gasteiger partial charge on any atom is 0.281 e. The van der Waals surface area contributed by atoms with Gasteiger partial charge in [-0.05, 0) is 24.8 Å². The van der Waals surface area contributed by atoms with Crippen molar-refractivity contribution >= 4 is 10.2 Å². The van der Waals surface area contributed by atoms with Crippen LogP contribution in [0.25, 0.3) is 0 Å². The SMILES string of the molecule is CN(CCc1ccccc1)S(=O)(=O)N1CCC(c2ncc[nH]2)CC1. The van der Waals surface area contributed by atoms with Crippen LogP contribution in [0.5, 0.6) is 0 Å². The number of aromatic amines is 1. The van der Waals surface area contributed by atoms with Gasteiger partial charge in [-0.2, -0.15) is 17.0 Å². The van der Waals surface area contributed by atoms with E-state index in [1.54, 1.807) is 17.5 Å². The first kappa shape index (κ1) is 17.1. The van der Waals surface area contributed by atoms with Gasteiger partial charge in [0.1, 0.15) is 5.82 Å². The summed E-state index contributed by atoms with van der Waals surface area (Å²) < 4.78 is 28.5. The number of nitrogens with zero attached hydrogens (tertiary/aromatic N) is 3. The summed E-state index contributed by atoms with van der Waals surface area (Å²) in [6, 6.07) is 9.96. The zero-order valence-electron chi connectivity index (χ0n) is 13.9. The van der Waals surface area contributed by atoms with Crippen LogP contribution in [-0.4, -0.2) is 53.7 Å². The predicted molar refractivity (Wildman–Crippen MR) is 93.8 cm³/mol. The van der Waals surface area contributed by atoms with Gasteiger partial charge >= 0.3 is 0 Å². The molecule has 130 valence electrons. The largest absolute Gasteiger partial charge is 0.348 e. The van der Waals surface area contributed by atoms with Crippen LogP contribution in [0.1, 0.15) is 30.1 Å². The van der Waals surface area contributed by atoms with Gasteiger partial charge in [0.05, 0.1) is 0 Å². The fourth-order valence-corrected chi connectivity index (χ4v) is 4.49. The second-order valence-corrected chi connectivity index (χ2v) is 8.25. The summed E-state index contributed by atoms with van der Waals surface area (Å²) in [5.41, 5.74) is 1.15. The van der Waals surface area contributed by atoms with Crippen molar-refractivity contribution in [3.05, 3.63) is 54.1 Å². The third-order valence-corrected chi connectivity index (χ3v) is 6.63. The van der Waals surface area contributed by atoms with Crippen LogP contribution in [-0.2, 0) is 16.6 Å². The molecule has 24 heavy (non-hydrogen) atoms. The predicted octanol–water partition coefficient (Wildman–Crippen LogP) is 2.01. The molecule has 0 aliphatic carbocycles. The number of hydrogen-bond donors (Lipinski definition) is 1. The number of benzene rings is 1. The molecule has 0 unspecified atom stereocenters. The summed E-state index contributed by atoms with van der Waals surface area (Å²) >= 11 is 0. The number of rotatable bonds is 6. The number of nitrogens with one attached hydrogen (secondary N) is 1. The van der Waals surface area contributed by atoms with Gasteiger partial charge < -0.3 is 4.98 Å². The Hall–Kier alpha value is -1.70. The Morgan fingerprint density at radius 2 is 1.96 bits per heavy atom. The first-order valence-electron chi connectivity index (χ1n) is 8.32. The normalized spacial score (nSPS) is 17.4. The maximum atomic E-state index is 12.7. The Morgan fingerprint density at radius 1 is 1.25 bits per heavy atom. The molecule has 1 N–H and O–H groups in total. The first-order valence-corrected chi connectivity index (χ1v) is 9.71. The van der Waals surface area contributed by atoms with Gasteiger partial charge in [-0.15, -0.1) is 0 Å². The molecule has 7 heteroatoms. The highest BCUT2D eigenvalue weighted by Gasteiger charge is 2.32. The Balaban J connectivity index is 1.55. The van der Waals surface area contributed by atoms with E-state index in [1.807, 2.05) is 36.5 Å². The standard InChI is InChI=1S/C17H24N4O2S/c1-20(12-7-15-5-3-2-4-6-15)24(22,23)21-13-8-16(9-14-21)17-18-10-11-19-17/h2-6,10-11,16H,7-9,12-14H2,1H3,(H,18,19). The van der Waals surface area contributed by atoms with Crippen LogP contribution < -0.4 is 0 Å². The second kappa shape index (κ2) is 7.46. The fraction of sp³-hybridized carbons (Fsp3) is 0.471. The Kier molecular flexibility index (Phi) is 5.33. The van der Waals surface area contributed by atoms with E-state index in [0.29, 0.717) is 25.6 Å². The summed E-state index contributed by atoms with van der Waals surface area (Å²) in [7, 11) is -1.72. The molecular formula is C17H24N4O2S. The van der Waals surface area contributed by atoms with Crippen LogP contribution in [0.3, 0.4) is 0 Å². The number of imidazole rings is 1. The van der Waals surface area contributed by atoms with E-state index in [9.17, 15) is 8.42 Å². The minimum atomic E-state index is -3.39. The molecule has 0 atom stereocenters. The molecule has 1 aliphatic heterocycles. The molecule has 6 nitrogen and oxygen atoms in total. The molecule has 0 bridgehead atoms. The van der Waals surface area contributed by atoms with Crippen molar-refractivity contribution in [1.82, 2.24) is 18.6 Å². The molecule has 0 radical (unpaired) electrons. The maximum absolute atomic E-state index is 12.7. The summed E-state index contributed by atoms with van der Waals surface area (Å²) in [5, 5.41) is 0. The lowest BCUT2D eigenvalue weighted by Crippen LogP contribution is -2.46. The molecule has 0 saturated carbocycles. The van der Waals surface area contributed by atoms with E-state index in [-0.39, 0.29) is 0 Å². The van der Waals surface area contributed by atoms with Crippen LogP contribution in [0.15, 0.2) is 42.7 Å². The summed E-state index contributed by atoms with van der Waals surface area (Å²) in [6.07, 6.45) is 5.89. The van der Waals surface area contributed by atoms with Gasteiger partial charge in [-0.25, -0.2) is 4.98 Å². The zero-order valence-corrected chi connectivity index (χ0v) is 14.7. The molecule has 3 rings (SSSR count). The lowest BCUT2D eigenvalue weighted by atomic mass is 9.98. The minimum Gasteiger partial charge on any atom is -0.348 e. The molecule has 0 spiro atoms. The van der Waals surface area contributed by atoms with Gasteiger partial charge in [0, 0.05) is 45.0 Å². The zero-order chi connectivity index (χ0) is 17.0. The Bertz CT molecular complexity index is 723. The van der Waals surface area contributed by atoms with E-state index in [1.165, 1.54) is 4.31 Å². The van der Waals surface area contributed by atoms with Crippen molar-refractivity contribution in [1.29, 1.82) is 0 Å². The van der Waals surface area contributed by atoms with Gasteiger partial charge in [0.25, 0.3) is 10.2 Å². The fourth-order valence-electron chi connectivity index (χ4n) is 3.10. The van der Waals surface area contributed by atoms with Crippen molar-refractivity contribution in [2.24, 2.45) is 0 Å². The lowest BCUT2D eigenvalue weighted by molar-refractivity contribution is 0.292. The monoisotopic (exact) mass is 348 g/mol. The van der Waals surface area contributed by atoms with E-state index >= 15 is 0 Å². The van der Waals surface area contributed by atoms with Crippen LogP contribution >= 0.6 is 0 Å². The van der Waals surface area contributed by atoms with Crippen LogP contribution in [0.4, 0.5) is 0 Å². The quantitative estimate of drug-likeness (QED) is 0.868. The van der Waals surface area contributed by atoms with Crippen LogP contribution in [0.2, 0.25) is 0 Å². The average Bonchev–Trinajstić information content (AvgIpc) is 3.15. The molecule has 1 fully saturated rings. The van der Waals surface area contributed by atoms with Gasteiger partial charge in [-0.3, -0.25) is 0 Å². The smallest absolute Gasteiger partial charge is 0.281 e. The van der Waals surface area contributed by atoms with Crippen molar-refractivity contribution < 1.29 is 8.42 Å². The number of piperidine rings is 1. The van der Waals surface area contributed by atoms with E-state index in [0.717, 1.165) is 30.7 Å². The van der Waals surface area contributed by atoms with E-state index in [2.05, 4.69) is 9.97 Å². The van der Waals surface area contributed by atoms with Crippen LogP contribution in [0, 0.1) is 0 Å². The van der Waals surface area contributed by atoms with Crippen molar-refractivity contribution in [3.8, 4) is 0 Å². The molecule has 1 aromatic heterocycles. The molecular weight excluding hydrogens is 324 g/mol. The molecule has 2 heterocycles. The molecule has 1 saturated heterocycles. The molecule has 0 amide bonds. The Labute approximate surface area is 143 Å². The molecule has 1 aromatic carbocycles. The highest BCUT2D eigenvalue weighted by molar-refractivity contribution is 7.86. The topological polar surface area (TPSA) is 69.3 Å². The number of H-pyrrole nitrogens is 1. The van der Waals surface area contributed by atoms with Gasteiger partial charge in [-0.1, -0.05) is 30.3 Å². The third-order valence-electron chi connectivity index (χ3n) is 4.64.